The molecule has 1 aliphatic heterocycles. The number of aliphatic carboxylic acids is 1. The molecule has 0 saturated carbocycles. The number of carboxylic acids is 1. The molecule has 1 N–H and O–H groups in total. The first-order valence-electron chi connectivity index (χ1n) is 16.3. The van der Waals surface area contributed by atoms with Crippen molar-refractivity contribution < 1.29 is 23.8 Å². The zero-order valence-corrected chi connectivity index (χ0v) is 26.9. The number of nitriles is 1. The van der Waals surface area contributed by atoms with E-state index in [1.54, 1.807) is 6.07 Å². The quantitative estimate of drug-likeness (QED) is 0.181. The highest BCUT2D eigenvalue weighted by atomic mass is 19.1. The van der Waals surface area contributed by atoms with Crippen LogP contribution in [0.2, 0.25) is 0 Å². The minimum absolute atomic E-state index is 0.0121. The number of rotatable bonds is 12. The number of likely N-dealkylation sites (tertiary alicyclic amines) is 1. The van der Waals surface area contributed by atoms with Gasteiger partial charge in [0.1, 0.15) is 24.5 Å². The van der Waals surface area contributed by atoms with E-state index in [0.717, 1.165) is 66.7 Å². The molecule has 4 heterocycles. The molecule has 11 nitrogen and oxygen atoms in total. The summed E-state index contributed by atoms with van der Waals surface area (Å²) in [5.74, 6) is 4.77. The van der Waals surface area contributed by atoms with Crippen molar-refractivity contribution in [3.8, 4) is 29.5 Å². The number of piperidine rings is 1. The Hall–Kier alpha value is -5.72. The normalized spacial score (nSPS) is 17.6. The molecule has 0 spiro atoms. The molecule has 1 fully saturated rings. The number of ether oxygens (including phenoxy) is 2. The van der Waals surface area contributed by atoms with E-state index in [4.69, 9.17) is 19.7 Å². The maximum absolute atomic E-state index is 14.2. The predicted molar refractivity (Wildman–Crippen MR) is 177 cm³/mol. The average molecular weight is 660 g/mol. The molecular weight excluding hydrogens is 625 g/mol. The van der Waals surface area contributed by atoms with Gasteiger partial charge in [-0.1, -0.05) is 24.0 Å². The Kier molecular flexibility index (Phi) is 8.97. The third kappa shape index (κ3) is 6.82. The van der Waals surface area contributed by atoms with E-state index in [9.17, 15) is 14.3 Å². The SMILES string of the molecule is CCn1cncc1Cn1c(CN2CCC(Oc3cccc(COc4ccc(C#N)cc4F)n3)CC2)nc2ccc(C3C#CC3C(=O)O)cc21. The maximum Gasteiger partial charge on any atom is 0.320 e. The monoisotopic (exact) mass is 659 g/mol. The number of carboxylic acid groups (broad SMARTS) is 1. The number of nitrogens with zero attached hydrogens (tertiary/aromatic N) is 7. The van der Waals surface area contributed by atoms with Gasteiger partial charge in [-0.15, -0.1) is 0 Å². The topological polar surface area (TPSA) is 131 Å². The number of benzene rings is 2. The number of carbonyl (C=O) groups is 1. The molecule has 3 aromatic heterocycles. The van der Waals surface area contributed by atoms with E-state index in [-0.39, 0.29) is 29.9 Å². The van der Waals surface area contributed by atoms with E-state index >= 15 is 0 Å². The van der Waals surface area contributed by atoms with Crippen LogP contribution in [0.5, 0.6) is 11.6 Å². The van der Waals surface area contributed by atoms with Crippen LogP contribution in [0.1, 0.15) is 54.0 Å². The highest BCUT2D eigenvalue weighted by Gasteiger charge is 2.32. The van der Waals surface area contributed by atoms with Gasteiger partial charge in [-0.05, 0) is 61.7 Å². The Balaban J connectivity index is 1.02. The summed E-state index contributed by atoms with van der Waals surface area (Å²) in [6, 6.07) is 17.4. The van der Waals surface area contributed by atoms with E-state index in [2.05, 4.69) is 42.8 Å². The van der Waals surface area contributed by atoms with Crippen molar-refractivity contribution in [1.29, 1.82) is 5.26 Å². The lowest BCUT2D eigenvalue weighted by molar-refractivity contribution is -0.140. The molecule has 2 unspecified atom stereocenters. The number of hydrogen-bond donors (Lipinski definition) is 1. The van der Waals surface area contributed by atoms with Crippen LogP contribution in [-0.2, 0) is 31.0 Å². The van der Waals surface area contributed by atoms with Gasteiger partial charge in [-0.25, -0.2) is 19.3 Å². The van der Waals surface area contributed by atoms with Gasteiger partial charge < -0.3 is 23.7 Å². The molecule has 0 radical (unpaired) electrons. The molecule has 0 amide bonds. The van der Waals surface area contributed by atoms with Crippen molar-refractivity contribution in [3.63, 3.8) is 0 Å². The molecule has 248 valence electrons. The fraction of sp³-hybridized carbons (Fsp3) is 0.324. The van der Waals surface area contributed by atoms with E-state index < -0.39 is 17.7 Å². The van der Waals surface area contributed by atoms with Crippen molar-refractivity contribution >= 4 is 17.0 Å². The van der Waals surface area contributed by atoms with Crippen LogP contribution in [0.3, 0.4) is 0 Å². The third-order valence-electron chi connectivity index (χ3n) is 9.07. The predicted octanol–water partition coefficient (Wildman–Crippen LogP) is 5.13. The number of hydrogen-bond acceptors (Lipinski definition) is 8. The number of pyridine rings is 1. The Morgan fingerprint density at radius 1 is 1.10 bits per heavy atom. The highest BCUT2D eigenvalue weighted by Crippen LogP contribution is 2.33. The van der Waals surface area contributed by atoms with Crippen LogP contribution in [0, 0.1) is 34.9 Å². The van der Waals surface area contributed by atoms with E-state index in [1.807, 2.05) is 48.9 Å². The van der Waals surface area contributed by atoms with Gasteiger partial charge in [0.05, 0.1) is 59.4 Å². The molecule has 2 aliphatic rings. The van der Waals surface area contributed by atoms with Crippen LogP contribution < -0.4 is 9.47 Å². The zero-order chi connectivity index (χ0) is 33.9. The third-order valence-corrected chi connectivity index (χ3v) is 9.07. The standard InChI is InChI=1S/C37H34FN7O4/c1-2-44-23-40-19-27(44)20-45-33-17-25(29-8-9-30(29)37(46)47)7-10-32(33)42-35(45)21-43-14-12-28(13-15-43)49-36-5-3-4-26(41-36)22-48-34-11-6-24(18-39)16-31(34)38/h3-7,10-11,16-17,19,23,28-30H,2,12-15,20-22H2,1H3,(H,46,47). The van der Waals surface area contributed by atoms with Gasteiger partial charge in [0.2, 0.25) is 5.88 Å². The first-order chi connectivity index (χ1) is 23.9. The van der Waals surface area contributed by atoms with Crippen LogP contribution in [0.4, 0.5) is 4.39 Å². The summed E-state index contributed by atoms with van der Waals surface area (Å²) in [6.07, 6.45) is 5.32. The summed E-state index contributed by atoms with van der Waals surface area (Å²) >= 11 is 0. The molecular formula is C37H34FN7O4. The summed E-state index contributed by atoms with van der Waals surface area (Å²) in [5, 5.41) is 18.5. The Morgan fingerprint density at radius 2 is 1.96 bits per heavy atom. The van der Waals surface area contributed by atoms with Gasteiger partial charge in [0.25, 0.3) is 0 Å². The molecule has 1 aliphatic carbocycles. The van der Waals surface area contributed by atoms with Crippen molar-refractivity contribution in [3.05, 3.63) is 101 Å². The smallest absolute Gasteiger partial charge is 0.320 e. The van der Waals surface area contributed by atoms with Crippen molar-refractivity contribution in [2.45, 2.75) is 58.0 Å². The lowest BCUT2D eigenvalue weighted by Gasteiger charge is -2.31. The molecule has 49 heavy (non-hydrogen) atoms. The van der Waals surface area contributed by atoms with Crippen LogP contribution >= 0.6 is 0 Å². The average Bonchev–Trinajstić information content (AvgIpc) is 3.68. The van der Waals surface area contributed by atoms with Crippen LogP contribution in [0.15, 0.2) is 67.1 Å². The second kappa shape index (κ2) is 13.8. The van der Waals surface area contributed by atoms with Gasteiger partial charge in [0, 0.05) is 31.9 Å². The molecule has 2 atom stereocenters. The van der Waals surface area contributed by atoms with Gasteiger partial charge >= 0.3 is 5.97 Å². The molecule has 7 rings (SSSR count). The summed E-state index contributed by atoms with van der Waals surface area (Å²) in [6.45, 7) is 5.81. The Bertz CT molecular complexity index is 2120. The minimum atomic E-state index is -0.897. The first-order valence-corrected chi connectivity index (χ1v) is 16.3. The summed E-state index contributed by atoms with van der Waals surface area (Å²) in [4.78, 5) is 28.0. The highest BCUT2D eigenvalue weighted by molar-refractivity contribution is 5.81. The lowest BCUT2D eigenvalue weighted by Crippen LogP contribution is -2.38. The summed E-state index contributed by atoms with van der Waals surface area (Å²) in [7, 11) is 0. The Labute approximate surface area is 282 Å². The van der Waals surface area contributed by atoms with Crippen molar-refractivity contribution in [2.75, 3.05) is 13.1 Å². The van der Waals surface area contributed by atoms with Gasteiger partial charge in [-0.3, -0.25) is 9.69 Å². The van der Waals surface area contributed by atoms with E-state index in [1.165, 1.54) is 12.1 Å². The fourth-order valence-corrected chi connectivity index (χ4v) is 6.34. The molecule has 5 aromatic rings. The minimum Gasteiger partial charge on any atom is -0.484 e. The summed E-state index contributed by atoms with van der Waals surface area (Å²) < 4.78 is 30.4. The number of aryl methyl sites for hydroxylation is 1. The number of imidazole rings is 2. The largest absolute Gasteiger partial charge is 0.484 e. The first kappa shape index (κ1) is 31.9. The number of aromatic nitrogens is 5. The molecule has 2 aromatic carbocycles. The number of halogens is 1. The maximum atomic E-state index is 14.2. The van der Waals surface area contributed by atoms with Crippen molar-refractivity contribution in [1.82, 2.24) is 29.0 Å². The Morgan fingerprint density at radius 3 is 2.69 bits per heavy atom. The lowest BCUT2D eigenvalue weighted by atomic mass is 9.80. The fourth-order valence-electron chi connectivity index (χ4n) is 6.34. The van der Waals surface area contributed by atoms with E-state index in [0.29, 0.717) is 24.7 Å². The second-order valence-corrected chi connectivity index (χ2v) is 12.2. The summed E-state index contributed by atoms with van der Waals surface area (Å²) in [5.41, 5.74) is 4.59. The zero-order valence-electron chi connectivity index (χ0n) is 26.9. The van der Waals surface area contributed by atoms with Gasteiger partial charge in [0.15, 0.2) is 11.6 Å². The second-order valence-electron chi connectivity index (χ2n) is 12.2. The molecule has 0 bridgehead atoms. The van der Waals surface area contributed by atoms with Crippen LogP contribution in [0.25, 0.3) is 11.0 Å². The molecule has 12 heteroatoms. The van der Waals surface area contributed by atoms with Gasteiger partial charge in [-0.2, -0.15) is 5.26 Å². The molecule has 1 saturated heterocycles. The number of fused-ring (bicyclic) bond motifs is 1. The van der Waals surface area contributed by atoms with Crippen molar-refractivity contribution in [2.24, 2.45) is 5.92 Å². The van der Waals surface area contributed by atoms with Crippen LogP contribution in [-0.4, -0.2) is 59.3 Å².